The van der Waals surface area contributed by atoms with E-state index in [0.29, 0.717) is 18.7 Å². The van der Waals surface area contributed by atoms with Crippen LogP contribution in [-0.2, 0) is 16.1 Å². The molecule has 0 aromatic heterocycles. The lowest BCUT2D eigenvalue weighted by Gasteiger charge is -2.20. The summed E-state index contributed by atoms with van der Waals surface area (Å²) >= 11 is 1.64. The number of ether oxygens (including phenoxy) is 1. The Balaban J connectivity index is 1.75. The molecule has 2 aromatic carbocycles. The molecular formula is C23H31N3O3S. The number of rotatable bonds is 13. The number of benzene rings is 2. The van der Waals surface area contributed by atoms with Crippen molar-refractivity contribution in [3.05, 3.63) is 66.2 Å². The zero-order valence-corrected chi connectivity index (χ0v) is 18.5. The minimum Gasteiger partial charge on any atom is -0.484 e. The van der Waals surface area contributed by atoms with Gasteiger partial charge in [-0.1, -0.05) is 48.5 Å². The smallest absolute Gasteiger partial charge is 0.258 e. The van der Waals surface area contributed by atoms with Crippen LogP contribution < -0.4 is 15.4 Å². The van der Waals surface area contributed by atoms with Crippen molar-refractivity contribution >= 4 is 23.6 Å². The van der Waals surface area contributed by atoms with E-state index in [1.54, 1.807) is 23.9 Å². The van der Waals surface area contributed by atoms with Crippen LogP contribution in [-0.4, -0.2) is 61.5 Å². The largest absolute Gasteiger partial charge is 0.484 e. The average Bonchev–Trinajstić information content (AvgIpc) is 2.76. The van der Waals surface area contributed by atoms with Gasteiger partial charge in [-0.15, -0.1) is 0 Å². The van der Waals surface area contributed by atoms with Crippen LogP contribution in [0, 0.1) is 0 Å². The fourth-order valence-electron chi connectivity index (χ4n) is 2.87. The summed E-state index contributed by atoms with van der Waals surface area (Å²) in [4.78, 5) is 27.0. The van der Waals surface area contributed by atoms with Crippen LogP contribution in [0.3, 0.4) is 0 Å². The number of thioether (sulfide) groups is 1. The molecule has 2 N–H and O–H groups in total. The molecule has 6 nitrogen and oxygen atoms in total. The maximum absolute atomic E-state index is 12.6. The summed E-state index contributed by atoms with van der Waals surface area (Å²) in [6.07, 6.45) is 2.55. The Morgan fingerprint density at radius 3 is 2.40 bits per heavy atom. The summed E-state index contributed by atoms with van der Waals surface area (Å²) in [6, 6.07) is 18.8. The van der Waals surface area contributed by atoms with Gasteiger partial charge in [0.2, 0.25) is 5.91 Å². The molecule has 7 heteroatoms. The first-order chi connectivity index (χ1) is 14.6. The van der Waals surface area contributed by atoms with Crippen LogP contribution >= 0.6 is 11.8 Å². The summed E-state index contributed by atoms with van der Waals surface area (Å²) in [5.74, 6) is 0.942. The molecule has 2 amide bonds. The number of likely N-dealkylation sites (N-methyl/N-ethyl adjacent to an activating group) is 1. The standard InChI is InChI=1S/C23H31N3O3S/c1-26(17-19-9-5-3-6-10-19)15-14-24-23(28)21(13-16-30-2)25-22(27)18-29-20-11-7-4-8-12-20/h3-12,21H,13-18H2,1-2H3,(H,24,28)(H,25,27). The number of hydrogen-bond acceptors (Lipinski definition) is 5. The Morgan fingerprint density at radius 1 is 1.07 bits per heavy atom. The number of amides is 2. The lowest BCUT2D eigenvalue weighted by Crippen LogP contribution is -2.49. The molecule has 1 unspecified atom stereocenters. The molecule has 0 fully saturated rings. The first kappa shape index (κ1) is 23.8. The fourth-order valence-corrected chi connectivity index (χ4v) is 3.34. The van der Waals surface area contributed by atoms with Gasteiger partial charge >= 0.3 is 0 Å². The molecule has 0 saturated heterocycles. The van der Waals surface area contributed by atoms with E-state index in [1.165, 1.54) is 5.56 Å². The maximum atomic E-state index is 12.6. The van der Waals surface area contributed by atoms with Crippen molar-refractivity contribution in [1.82, 2.24) is 15.5 Å². The van der Waals surface area contributed by atoms with Gasteiger partial charge in [0.05, 0.1) is 0 Å². The van der Waals surface area contributed by atoms with Gasteiger partial charge in [-0.05, 0) is 43.2 Å². The van der Waals surface area contributed by atoms with E-state index in [1.807, 2.05) is 49.7 Å². The summed E-state index contributed by atoms with van der Waals surface area (Å²) in [5, 5.41) is 5.74. The number of para-hydroxylation sites is 1. The monoisotopic (exact) mass is 429 g/mol. The molecular weight excluding hydrogens is 398 g/mol. The topological polar surface area (TPSA) is 70.7 Å². The van der Waals surface area contributed by atoms with Gasteiger partial charge < -0.3 is 20.3 Å². The SMILES string of the molecule is CSCCC(NC(=O)COc1ccccc1)C(=O)NCCN(C)Cc1ccccc1. The second kappa shape index (κ2) is 13.7. The maximum Gasteiger partial charge on any atom is 0.258 e. The molecule has 0 radical (unpaired) electrons. The van der Waals surface area contributed by atoms with Gasteiger partial charge in [0.1, 0.15) is 11.8 Å². The minimum absolute atomic E-state index is 0.118. The highest BCUT2D eigenvalue weighted by Gasteiger charge is 2.20. The van der Waals surface area contributed by atoms with Gasteiger partial charge in [0.25, 0.3) is 5.91 Å². The quantitative estimate of drug-likeness (QED) is 0.512. The van der Waals surface area contributed by atoms with Crippen molar-refractivity contribution in [2.24, 2.45) is 0 Å². The van der Waals surface area contributed by atoms with Crippen LogP contribution in [0.2, 0.25) is 0 Å². The molecule has 2 rings (SSSR count). The third-order valence-corrected chi connectivity index (χ3v) is 5.11. The fraction of sp³-hybridized carbons (Fsp3) is 0.391. The Hall–Kier alpha value is -2.51. The van der Waals surface area contributed by atoms with Gasteiger partial charge in [-0.25, -0.2) is 0 Å². The highest BCUT2D eigenvalue weighted by atomic mass is 32.2. The summed E-state index contributed by atoms with van der Waals surface area (Å²) < 4.78 is 5.47. The van der Waals surface area contributed by atoms with E-state index in [2.05, 4.69) is 27.7 Å². The number of hydrogen-bond donors (Lipinski definition) is 2. The lowest BCUT2D eigenvalue weighted by molar-refractivity contribution is -0.130. The normalized spacial score (nSPS) is 11.7. The molecule has 0 aliphatic heterocycles. The minimum atomic E-state index is -0.566. The second-order valence-electron chi connectivity index (χ2n) is 7.02. The first-order valence-electron chi connectivity index (χ1n) is 10.0. The van der Waals surface area contributed by atoms with Crippen molar-refractivity contribution in [1.29, 1.82) is 0 Å². The number of carbonyl (C=O) groups is 2. The van der Waals surface area contributed by atoms with Gasteiger partial charge in [-0.3, -0.25) is 9.59 Å². The van der Waals surface area contributed by atoms with Crippen molar-refractivity contribution < 1.29 is 14.3 Å². The molecule has 0 saturated carbocycles. The highest BCUT2D eigenvalue weighted by Crippen LogP contribution is 2.08. The first-order valence-corrected chi connectivity index (χ1v) is 11.4. The lowest BCUT2D eigenvalue weighted by atomic mass is 10.2. The second-order valence-corrected chi connectivity index (χ2v) is 8.00. The summed E-state index contributed by atoms with van der Waals surface area (Å²) in [7, 11) is 2.02. The van der Waals surface area contributed by atoms with E-state index >= 15 is 0 Å². The number of carbonyl (C=O) groups excluding carboxylic acids is 2. The summed E-state index contributed by atoms with van der Waals surface area (Å²) in [5.41, 5.74) is 1.23. The molecule has 0 heterocycles. The third-order valence-electron chi connectivity index (χ3n) is 4.46. The molecule has 0 spiro atoms. The highest BCUT2D eigenvalue weighted by molar-refractivity contribution is 7.98. The van der Waals surface area contributed by atoms with E-state index in [0.717, 1.165) is 18.8 Å². The van der Waals surface area contributed by atoms with Crippen molar-refractivity contribution in [2.45, 2.75) is 19.0 Å². The zero-order valence-electron chi connectivity index (χ0n) is 17.7. The summed E-state index contributed by atoms with van der Waals surface area (Å²) in [6.45, 7) is 1.95. The van der Waals surface area contributed by atoms with Gasteiger partial charge in [0.15, 0.2) is 6.61 Å². The average molecular weight is 430 g/mol. The number of nitrogens with zero attached hydrogens (tertiary/aromatic N) is 1. The van der Waals surface area contributed by atoms with Gasteiger partial charge in [-0.2, -0.15) is 11.8 Å². The Morgan fingerprint density at radius 2 is 1.73 bits per heavy atom. The Labute approximate surface area is 183 Å². The third kappa shape index (κ3) is 9.33. The molecule has 162 valence electrons. The van der Waals surface area contributed by atoms with Crippen LogP contribution in [0.15, 0.2) is 60.7 Å². The number of nitrogens with one attached hydrogen (secondary N) is 2. The Kier molecular flexibility index (Phi) is 10.8. The molecule has 0 aliphatic carbocycles. The van der Waals surface area contributed by atoms with E-state index in [4.69, 9.17) is 4.74 Å². The zero-order chi connectivity index (χ0) is 21.6. The van der Waals surface area contributed by atoms with Crippen LogP contribution in [0.1, 0.15) is 12.0 Å². The van der Waals surface area contributed by atoms with Crippen LogP contribution in [0.4, 0.5) is 0 Å². The predicted molar refractivity (Wildman–Crippen MR) is 123 cm³/mol. The van der Waals surface area contributed by atoms with Crippen molar-refractivity contribution in [2.75, 3.05) is 38.8 Å². The molecule has 1 atom stereocenters. The molecule has 0 bridgehead atoms. The van der Waals surface area contributed by atoms with Gasteiger partial charge in [0, 0.05) is 19.6 Å². The molecule has 30 heavy (non-hydrogen) atoms. The van der Waals surface area contributed by atoms with Crippen molar-refractivity contribution in [3.8, 4) is 5.75 Å². The van der Waals surface area contributed by atoms with Crippen LogP contribution in [0.5, 0.6) is 5.75 Å². The van der Waals surface area contributed by atoms with E-state index in [9.17, 15) is 9.59 Å². The molecule has 0 aliphatic rings. The van der Waals surface area contributed by atoms with E-state index < -0.39 is 6.04 Å². The van der Waals surface area contributed by atoms with Crippen LogP contribution in [0.25, 0.3) is 0 Å². The van der Waals surface area contributed by atoms with E-state index in [-0.39, 0.29) is 18.4 Å². The molecule has 2 aromatic rings. The Bertz CT molecular complexity index is 759. The van der Waals surface area contributed by atoms with Crippen molar-refractivity contribution in [3.63, 3.8) is 0 Å². The predicted octanol–water partition coefficient (Wildman–Crippen LogP) is 2.55.